The molecular weight excluding hydrogens is 260 g/mol. The second-order valence-corrected chi connectivity index (χ2v) is 6.59. The van der Waals surface area contributed by atoms with E-state index in [1.807, 2.05) is 19.9 Å². The van der Waals surface area contributed by atoms with E-state index in [4.69, 9.17) is 5.73 Å². The fourth-order valence-corrected chi connectivity index (χ4v) is 2.88. The van der Waals surface area contributed by atoms with Crippen LogP contribution in [0.4, 0.5) is 0 Å². The van der Waals surface area contributed by atoms with Gasteiger partial charge in [-0.2, -0.15) is 0 Å². The molecule has 0 radical (unpaired) electrons. The van der Waals surface area contributed by atoms with E-state index < -0.39 is 0 Å². The third-order valence-electron chi connectivity index (χ3n) is 4.32. The fourth-order valence-electron chi connectivity index (χ4n) is 2.88. The van der Waals surface area contributed by atoms with E-state index in [-0.39, 0.29) is 17.4 Å². The summed E-state index contributed by atoms with van der Waals surface area (Å²) in [5.74, 6) is 0.551. The molecule has 0 bridgehead atoms. The summed E-state index contributed by atoms with van der Waals surface area (Å²) in [5.41, 5.74) is 6.64. The fraction of sp³-hybridized carbons (Fsp3) is 0.389. The molecule has 1 amide bonds. The van der Waals surface area contributed by atoms with Crippen molar-refractivity contribution in [1.29, 1.82) is 0 Å². The summed E-state index contributed by atoms with van der Waals surface area (Å²) in [7, 11) is 0. The van der Waals surface area contributed by atoms with Gasteiger partial charge in [-0.3, -0.25) is 4.79 Å². The Morgan fingerprint density at radius 1 is 1.24 bits per heavy atom. The van der Waals surface area contributed by atoms with Crippen LogP contribution in [0, 0.1) is 5.92 Å². The molecule has 2 aromatic rings. The van der Waals surface area contributed by atoms with Crippen LogP contribution in [0.15, 0.2) is 42.5 Å². The van der Waals surface area contributed by atoms with E-state index in [9.17, 15) is 4.79 Å². The minimum Gasteiger partial charge on any atom is -0.350 e. The van der Waals surface area contributed by atoms with Crippen LogP contribution in [0.3, 0.4) is 0 Å². The monoisotopic (exact) mass is 282 g/mol. The van der Waals surface area contributed by atoms with E-state index >= 15 is 0 Å². The molecule has 0 heterocycles. The molecule has 2 aromatic carbocycles. The summed E-state index contributed by atoms with van der Waals surface area (Å²) >= 11 is 0. The minimum absolute atomic E-state index is 0.0848. The van der Waals surface area contributed by atoms with Gasteiger partial charge in [0.05, 0.1) is 0 Å². The van der Waals surface area contributed by atoms with Gasteiger partial charge in [-0.15, -0.1) is 0 Å². The van der Waals surface area contributed by atoms with Gasteiger partial charge in [0, 0.05) is 18.0 Å². The molecule has 0 saturated heterocycles. The van der Waals surface area contributed by atoms with Crippen LogP contribution in [0.2, 0.25) is 0 Å². The molecule has 0 spiro atoms. The molecule has 3 heteroatoms. The standard InChI is InChI=1S/C18H22N2O/c1-18(2,11-19)20-17(21)16-10-15(16)14-9-5-7-12-6-3-4-8-13(12)14/h3-9,15-16H,10-11,19H2,1-2H3,(H,20,21). The van der Waals surface area contributed by atoms with Gasteiger partial charge < -0.3 is 11.1 Å². The van der Waals surface area contributed by atoms with Crippen LogP contribution in [-0.4, -0.2) is 18.0 Å². The quantitative estimate of drug-likeness (QED) is 0.906. The number of fused-ring (bicyclic) bond motifs is 1. The van der Waals surface area contributed by atoms with Crippen LogP contribution in [0.5, 0.6) is 0 Å². The number of hydrogen-bond donors (Lipinski definition) is 2. The molecule has 3 nitrogen and oxygen atoms in total. The molecule has 0 aromatic heterocycles. The van der Waals surface area contributed by atoms with Gasteiger partial charge in [0.2, 0.25) is 5.91 Å². The second kappa shape index (κ2) is 5.15. The first kappa shape index (κ1) is 14.1. The molecule has 21 heavy (non-hydrogen) atoms. The second-order valence-electron chi connectivity index (χ2n) is 6.59. The number of rotatable bonds is 4. The van der Waals surface area contributed by atoms with Crippen molar-refractivity contribution in [2.75, 3.05) is 6.54 Å². The summed E-state index contributed by atoms with van der Waals surface area (Å²) in [6, 6.07) is 14.7. The normalized spacial score (nSPS) is 21.3. The van der Waals surface area contributed by atoms with E-state index in [2.05, 4.69) is 41.7 Å². The SMILES string of the molecule is CC(C)(CN)NC(=O)C1CC1c1cccc2ccccc12. The zero-order chi connectivity index (χ0) is 15.0. The highest BCUT2D eigenvalue weighted by atomic mass is 16.2. The highest BCUT2D eigenvalue weighted by Gasteiger charge is 2.45. The van der Waals surface area contributed by atoms with Crippen molar-refractivity contribution in [2.45, 2.75) is 31.7 Å². The van der Waals surface area contributed by atoms with Crippen LogP contribution >= 0.6 is 0 Å². The Bertz CT molecular complexity index is 672. The van der Waals surface area contributed by atoms with Crippen LogP contribution in [0.1, 0.15) is 31.7 Å². The van der Waals surface area contributed by atoms with E-state index in [1.165, 1.54) is 16.3 Å². The van der Waals surface area contributed by atoms with Crippen molar-refractivity contribution in [3.05, 3.63) is 48.0 Å². The number of benzene rings is 2. The molecule has 2 unspecified atom stereocenters. The molecular formula is C18H22N2O. The third kappa shape index (κ3) is 2.79. The maximum absolute atomic E-state index is 12.3. The smallest absolute Gasteiger partial charge is 0.224 e. The molecule has 2 atom stereocenters. The lowest BCUT2D eigenvalue weighted by Crippen LogP contribution is -2.49. The van der Waals surface area contributed by atoms with Gasteiger partial charge in [0.15, 0.2) is 0 Å². The topological polar surface area (TPSA) is 55.1 Å². The number of carbonyl (C=O) groups excluding carboxylic acids is 1. The first-order chi connectivity index (χ1) is 10.0. The predicted molar refractivity (Wildman–Crippen MR) is 86.1 cm³/mol. The van der Waals surface area contributed by atoms with Gasteiger partial charge in [-0.05, 0) is 42.5 Å². The van der Waals surface area contributed by atoms with Crippen molar-refractivity contribution in [2.24, 2.45) is 11.7 Å². The number of amides is 1. The van der Waals surface area contributed by atoms with Crippen LogP contribution < -0.4 is 11.1 Å². The molecule has 3 N–H and O–H groups in total. The van der Waals surface area contributed by atoms with Crippen LogP contribution in [0.25, 0.3) is 10.8 Å². The zero-order valence-corrected chi connectivity index (χ0v) is 12.6. The van der Waals surface area contributed by atoms with Gasteiger partial charge in [0.25, 0.3) is 0 Å². The van der Waals surface area contributed by atoms with Crippen molar-refractivity contribution in [1.82, 2.24) is 5.32 Å². The molecule has 1 saturated carbocycles. The van der Waals surface area contributed by atoms with E-state index in [1.54, 1.807) is 0 Å². The average Bonchev–Trinajstić information content (AvgIpc) is 3.27. The molecule has 3 rings (SSSR count). The number of carbonyl (C=O) groups is 1. The average molecular weight is 282 g/mol. The highest BCUT2D eigenvalue weighted by Crippen LogP contribution is 2.49. The Balaban J connectivity index is 1.79. The lowest BCUT2D eigenvalue weighted by atomic mass is 9.99. The predicted octanol–water partition coefficient (Wildman–Crippen LogP) is 2.80. The first-order valence-electron chi connectivity index (χ1n) is 7.51. The van der Waals surface area contributed by atoms with Crippen molar-refractivity contribution in [3.63, 3.8) is 0 Å². The Labute approximate surface area is 125 Å². The number of nitrogens with two attached hydrogens (primary N) is 1. The molecule has 1 fully saturated rings. The van der Waals surface area contributed by atoms with Gasteiger partial charge in [0.1, 0.15) is 0 Å². The van der Waals surface area contributed by atoms with E-state index in [0.29, 0.717) is 12.5 Å². The minimum atomic E-state index is -0.330. The molecule has 1 aliphatic carbocycles. The zero-order valence-electron chi connectivity index (χ0n) is 12.6. The van der Waals surface area contributed by atoms with Gasteiger partial charge >= 0.3 is 0 Å². The Morgan fingerprint density at radius 2 is 1.95 bits per heavy atom. The largest absolute Gasteiger partial charge is 0.350 e. The molecule has 110 valence electrons. The lowest BCUT2D eigenvalue weighted by molar-refractivity contribution is -0.123. The number of nitrogens with one attached hydrogen (secondary N) is 1. The van der Waals surface area contributed by atoms with Crippen LogP contribution in [-0.2, 0) is 4.79 Å². The van der Waals surface area contributed by atoms with E-state index in [0.717, 1.165) is 6.42 Å². The highest BCUT2D eigenvalue weighted by molar-refractivity contribution is 5.89. The Morgan fingerprint density at radius 3 is 2.71 bits per heavy atom. The Kier molecular flexibility index (Phi) is 3.46. The molecule has 0 aliphatic heterocycles. The first-order valence-corrected chi connectivity index (χ1v) is 7.51. The number of hydrogen-bond acceptors (Lipinski definition) is 2. The lowest BCUT2D eigenvalue weighted by Gasteiger charge is -2.24. The van der Waals surface area contributed by atoms with Gasteiger partial charge in [-0.1, -0.05) is 42.5 Å². The summed E-state index contributed by atoms with van der Waals surface area (Å²) in [4.78, 5) is 12.3. The summed E-state index contributed by atoms with van der Waals surface area (Å²) in [6.07, 6.45) is 0.931. The maximum atomic E-state index is 12.3. The Hall–Kier alpha value is -1.87. The molecule has 1 aliphatic rings. The van der Waals surface area contributed by atoms with Crippen molar-refractivity contribution in [3.8, 4) is 0 Å². The third-order valence-corrected chi connectivity index (χ3v) is 4.32. The summed E-state index contributed by atoms with van der Waals surface area (Å²) < 4.78 is 0. The maximum Gasteiger partial charge on any atom is 0.224 e. The van der Waals surface area contributed by atoms with Crippen molar-refractivity contribution >= 4 is 16.7 Å². The van der Waals surface area contributed by atoms with Crippen molar-refractivity contribution < 1.29 is 4.79 Å². The summed E-state index contributed by atoms with van der Waals surface area (Å²) in [5, 5.41) is 5.55. The van der Waals surface area contributed by atoms with Gasteiger partial charge in [-0.25, -0.2) is 0 Å². The summed E-state index contributed by atoms with van der Waals surface area (Å²) in [6.45, 7) is 4.37.